The molecule has 1 saturated heterocycles. The number of anilines is 1. The molecule has 4 heteroatoms. The number of nitrogens with one attached hydrogen (secondary N) is 1. The van der Waals surface area contributed by atoms with Crippen molar-refractivity contribution in [1.82, 2.24) is 4.90 Å². The van der Waals surface area contributed by atoms with E-state index in [1.807, 2.05) is 48.5 Å². The van der Waals surface area contributed by atoms with Crippen molar-refractivity contribution >= 4 is 11.5 Å². The number of ketones is 1. The number of rotatable bonds is 4. The van der Waals surface area contributed by atoms with E-state index in [0.29, 0.717) is 0 Å². The van der Waals surface area contributed by atoms with Gasteiger partial charge in [0.05, 0.1) is 18.6 Å². The van der Waals surface area contributed by atoms with Crippen LogP contribution in [0.15, 0.2) is 72.8 Å². The van der Waals surface area contributed by atoms with Gasteiger partial charge in [-0.15, -0.1) is 0 Å². The van der Waals surface area contributed by atoms with Crippen molar-refractivity contribution in [2.24, 2.45) is 0 Å². The van der Waals surface area contributed by atoms with Gasteiger partial charge in [-0.3, -0.25) is 9.69 Å². The topological polar surface area (TPSA) is 41.6 Å². The van der Waals surface area contributed by atoms with Gasteiger partial charge in [0, 0.05) is 30.9 Å². The van der Waals surface area contributed by atoms with Crippen LogP contribution in [-0.4, -0.2) is 36.4 Å². The number of hydrogen-bond acceptors (Lipinski definition) is 4. The number of para-hydroxylation sites is 1. The minimum Gasteiger partial charge on any atom is -0.497 e. The molecule has 3 aromatic rings. The van der Waals surface area contributed by atoms with Gasteiger partial charge in [-0.2, -0.15) is 0 Å². The number of hydrogen-bond donors (Lipinski definition) is 1. The zero-order chi connectivity index (χ0) is 20.7. The predicted octanol–water partition coefficient (Wildman–Crippen LogP) is 4.65. The second-order valence-electron chi connectivity index (χ2n) is 8.47. The lowest BCUT2D eigenvalue weighted by molar-refractivity contribution is 0.0481. The highest BCUT2D eigenvalue weighted by atomic mass is 16.5. The molecular formula is C26H26N2O2. The fraction of sp³-hybridized carbons (Fsp3) is 0.269. The standard InChI is InChI=1S/C26H26N2O2/c1-18-7-3-4-8-20(18)15-28-16-26(17-28)24(19-11-13-21(30-2)14-12-19)25(29)22-9-5-6-10-23(22)27-26/h3-14,24,27H,15-17H2,1-2H3. The van der Waals surface area contributed by atoms with E-state index >= 15 is 0 Å². The first kappa shape index (κ1) is 18.9. The third kappa shape index (κ3) is 3.08. The Morgan fingerprint density at radius 1 is 1.00 bits per heavy atom. The lowest BCUT2D eigenvalue weighted by Gasteiger charge is -2.56. The third-order valence-electron chi connectivity index (χ3n) is 6.51. The zero-order valence-corrected chi connectivity index (χ0v) is 17.4. The van der Waals surface area contributed by atoms with E-state index in [2.05, 4.69) is 41.4 Å². The summed E-state index contributed by atoms with van der Waals surface area (Å²) in [5.41, 5.74) is 5.13. The highest BCUT2D eigenvalue weighted by molar-refractivity contribution is 6.08. The molecule has 0 saturated carbocycles. The number of ether oxygens (including phenoxy) is 1. The maximum Gasteiger partial charge on any atom is 0.174 e. The number of nitrogens with zero attached hydrogens (tertiary/aromatic N) is 1. The molecule has 1 spiro atoms. The highest BCUT2D eigenvalue weighted by Crippen LogP contribution is 2.46. The van der Waals surface area contributed by atoms with E-state index in [1.54, 1.807) is 7.11 Å². The summed E-state index contributed by atoms with van der Waals surface area (Å²) in [6.07, 6.45) is 0. The number of Topliss-reactive ketones (excluding diaryl/α,β-unsaturated/α-hetero) is 1. The number of benzene rings is 3. The minimum atomic E-state index is -0.289. The van der Waals surface area contributed by atoms with Gasteiger partial charge in [-0.1, -0.05) is 48.5 Å². The van der Waals surface area contributed by atoms with Crippen LogP contribution in [0.5, 0.6) is 5.75 Å². The molecule has 1 atom stereocenters. The van der Waals surface area contributed by atoms with Gasteiger partial charge < -0.3 is 10.1 Å². The summed E-state index contributed by atoms with van der Waals surface area (Å²) in [6, 6.07) is 24.3. The van der Waals surface area contributed by atoms with Crippen LogP contribution in [-0.2, 0) is 6.54 Å². The van der Waals surface area contributed by atoms with Crippen LogP contribution in [0.1, 0.15) is 33.0 Å². The monoisotopic (exact) mass is 398 g/mol. The molecule has 0 radical (unpaired) electrons. The van der Waals surface area contributed by atoms with Gasteiger partial charge in [0.2, 0.25) is 0 Å². The number of fused-ring (bicyclic) bond motifs is 1. The molecule has 1 N–H and O–H groups in total. The Morgan fingerprint density at radius 3 is 2.43 bits per heavy atom. The van der Waals surface area contributed by atoms with Crippen LogP contribution in [0.4, 0.5) is 5.69 Å². The largest absolute Gasteiger partial charge is 0.497 e. The average Bonchev–Trinajstić information content (AvgIpc) is 2.74. The van der Waals surface area contributed by atoms with Crippen molar-refractivity contribution in [2.75, 3.05) is 25.5 Å². The van der Waals surface area contributed by atoms with Gasteiger partial charge in [0.25, 0.3) is 0 Å². The summed E-state index contributed by atoms with van der Waals surface area (Å²) < 4.78 is 5.32. The Bertz CT molecular complexity index is 1080. The van der Waals surface area contributed by atoms with Crippen molar-refractivity contribution in [3.63, 3.8) is 0 Å². The molecule has 3 aromatic carbocycles. The summed E-state index contributed by atoms with van der Waals surface area (Å²) in [4.78, 5) is 16.0. The van der Waals surface area contributed by atoms with E-state index in [9.17, 15) is 4.79 Å². The molecule has 0 bridgehead atoms. The average molecular weight is 399 g/mol. The molecule has 0 aromatic heterocycles. The SMILES string of the molecule is COc1ccc(C2C(=O)c3ccccc3NC23CN(Cc2ccccc2C)C3)cc1. The molecule has 1 unspecified atom stereocenters. The van der Waals surface area contributed by atoms with E-state index in [1.165, 1.54) is 11.1 Å². The van der Waals surface area contributed by atoms with Gasteiger partial charge in [-0.05, 0) is 47.9 Å². The van der Waals surface area contributed by atoms with Gasteiger partial charge >= 0.3 is 0 Å². The number of carbonyl (C=O) groups is 1. The summed E-state index contributed by atoms with van der Waals surface area (Å²) in [7, 11) is 1.66. The summed E-state index contributed by atoms with van der Waals surface area (Å²) in [5, 5.41) is 3.75. The Morgan fingerprint density at radius 2 is 1.70 bits per heavy atom. The van der Waals surface area contributed by atoms with Crippen molar-refractivity contribution in [3.05, 3.63) is 95.1 Å². The van der Waals surface area contributed by atoms with Crippen LogP contribution >= 0.6 is 0 Å². The first-order valence-corrected chi connectivity index (χ1v) is 10.4. The Kier molecular flexibility index (Phi) is 4.59. The smallest absolute Gasteiger partial charge is 0.174 e. The molecule has 2 aliphatic heterocycles. The van der Waals surface area contributed by atoms with Crippen molar-refractivity contribution < 1.29 is 9.53 Å². The molecule has 1 fully saturated rings. The number of methoxy groups -OCH3 is 1. The quantitative estimate of drug-likeness (QED) is 0.695. The Labute approximate surface area is 177 Å². The lowest BCUT2D eigenvalue weighted by atomic mass is 9.67. The van der Waals surface area contributed by atoms with E-state index in [-0.39, 0.29) is 17.2 Å². The summed E-state index contributed by atoms with van der Waals surface area (Å²) >= 11 is 0. The summed E-state index contributed by atoms with van der Waals surface area (Å²) in [6.45, 7) is 4.72. The van der Waals surface area contributed by atoms with Gasteiger partial charge in [0.15, 0.2) is 5.78 Å². The molecule has 5 rings (SSSR count). The van der Waals surface area contributed by atoms with Crippen LogP contribution < -0.4 is 10.1 Å². The first-order valence-electron chi connectivity index (χ1n) is 10.4. The highest BCUT2D eigenvalue weighted by Gasteiger charge is 2.55. The molecule has 0 aliphatic carbocycles. The van der Waals surface area contributed by atoms with Crippen LogP contribution in [0, 0.1) is 6.92 Å². The van der Waals surface area contributed by atoms with Crippen LogP contribution in [0.3, 0.4) is 0 Å². The molecule has 2 heterocycles. The number of carbonyl (C=O) groups excluding carboxylic acids is 1. The van der Waals surface area contributed by atoms with Crippen molar-refractivity contribution in [1.29, 1.82) is 0 Å². The molecular weight excluding hydrogens is 372 g/mol. The second kappa shape index (κ2) is 7.29. The number of aryl methyl sites for hydroxylation is 1. The van der Waals surface area contributed by atoms with Crippen LogP contribution in [0.2, 0.25) is 0 Å². The third-order valence-corrected chi connectivity index (χ3v) is 6.51. The van der Waals surface area contributed by atoms with E-state index in [0.717, 1.165) is 42.2 Å². The maximum atomic E-state index is 13.6. The predicted molar refractivity (Wildman–Crippen MR) is 119 cm³/mol. The summed E-state index contributed by atoms with van der Waals surface area (Å²) in [5.74, 6) is 0.788. The zero-order valence-electron chi connectivity index (χ0n) is 17.4. The lowest BCUT2D eigenvalue weighted by Crippen LogP contribution is -2.70. The fourth-order valence-corrected chi connectivity index (χ4v) is 4.97. The second-order valence-corrected chi connectivity index (χ2v) is 8.47. The first-order chi connectivity index (χ1) is 14.6. The minimum absolute atomic E-state index is 0.199. The maximum absolute atomic E-state index is 13.6. The molecule has 152 valence electrons. The van der Waals surface area contributed by atoms with E-state index in [4.69, 9.17) is 4.74 Å². The molecule has 2 aliphatic rings. The van der Waals surface area contributed by atoms with Crippen molar-refractivity contribution in [3.8, 4) is 5.75 Å². The van der Waals surface area contributed by atoms with Crippen LogP contribution in [0.25, 0.3) is 0 Å². The molecule has 30 heavy (non-hydrogen) atoms. The molecule has 0 amide bonds. The van der Waals surface area contributed by atoms with Gasteiger partial charge in [0.1, 0.15) is 5.75 Å². The normalized spacial score (nSPS) is 19.7. The van der Waals surface area contributed by atoms with Crippen molar-refractivity contribution in [2.45, 2.75) is 24.9 Å². The van der Waals surface area contributed by atoms with E-state index < -0.39 is 0 Å². The Hall–Kier alpha value is -3.11. The number of likely N-dealkylation sites (tertiary alicyclic amines) is 1. The Balaban J connectivity index is 1.47. The van der Waals surface area contributed by atoms with Gasteiger partial charge in [-0.25, -0.2) is 0 Å². The molecule has 4 nitrogen and oxygen atoms in total. The fourth-order valence-electron chi connectivity index (χ4n) is 4.97.